The number of carbonyl (C=O) groups excluding carboxylic acids is 3. The largest absolute Gasteiger partial charge is 0.508 e. The van der Waals surface area contributed by atoms with E-state index in [0.717, 1.165) is 6.07 Å². The highest BCUT2D eigenvalue weighted by molar-refractivity contribution is 6.03. The van der Waals surface area contributed by atoms with Gasteiger partial charge in [0.1, 0.15) is 39.9 Å². The number of phenolic OH excluding ortho intramolecular Hbond substituents is 2. The zero-order chi connectivity index (χ0) is 40.9. The molecular formula is C41H41F3O10. The monoisotopic (exact) mass is 750 g/mol. The molecule has 0 aliphatic carbocycles. The van der Waals surface area contributed by atoms with E-state index < -0.39 is 58.7 Å². The van der Waals surface area contributed by atoms with Crippen molar-refractivity contribution in [2.45, 2.75) is 81.8 Å². The minimum absolute atomic E-state index is 0.0464. The molecular weight excluding hydrogens is 709 g/mol. The lowest BCUT2D eigenvalue weighted by atomic mass is 9.87. The van der Waals surface area contributed by atoms with E-state index in [1.807, 2.05) is 0 Å². The van der Waals surface area contributed by atoms with E-state index in [2.05, 4.69) is 0 Å². The number of methoxy groups -OCH3 is 1. The number of Topliss-reactive ketones (excluding diaryl/α,β-unsaturated/α-hetero) is 1. The first kappa shape index (κ1) is 40.9. The number of ether oxygens (including phenoxy) is 3. The maximum Gasteiger partial charge on any atom is 0.420 e. The van der Waals surface area contributed by atoms with Crippen LogP contribution in [0, 0.1) is 69.2 Å². The summed E-state index contributed by atoms with van der Waals surface area (Å²) in [5.74, 6) is -5.50. The predicted molar refractivity (Wildman–Crippen MR) is 193 cm³/mol. The Kier molecular flexibility index (Phi) is 11.3. The highest BCUT2D eigenvalue weighted by Gasteiger charge is 2.41. The fourth-order valence-electron chi connectivity index (χ4n) is 6.84. The van der Waals surface area contributed by atoms with E-state index in [9.17, 15) is 47.7 Å². The van der Waals surface area contributed by atoms with Crippen LogP contribution in [0.4, 0.5) is 13.2 Å². The van der Waals surface area contributed by atoms with Gasteiger partial charge in [-0.3, -0.25) is 4.79 Å². The van der Waals surface area contributed by atoms with Crippen LogP contribution in [-0.4, -0.2) is 46.1 Å². The molecule has 4 aromatic rings. The molecule has 0 amide bonds. The number of aromatic hydroxyl groups is 2. The van der Waals surface area contributed by atoms with Gasteiger partial charge in [-0.1, -0.05) is 0 Å². The second kappa shape index (κ2) is 14.9. The number of carboxylic acids is 1. The Morgan fingerprint density at radius 3 is 1.63 bits per heavy atom. The van der Waals surface area contributed by atoms with Crippen molar-refractivity contribution in [2.24, 2.45) is 0 Å². The summed E-state index contributed by atoms with van der Waals surface area (Å²) in [5, 5.41) is 30.7. The van der Waals surface area contributed by atoms with Gasteiger partial charge in [0.15, 0.2) is 5.78 Å². The number of ketones is 1. The lowest BCUT2D eigenvalue weighted by molar-refractivity contribution is -0.139. The van der Waals surface area contributed by atoms with Crippen LogP contribution in [0.2, 0.25) is 0 Å². The summed E-state index contributed by atoms with van der Waals surface area (Å²) in [6.07, 6.45) is -6.02. The average Bonchev–Trinajstić information content (AvgIpc) is 3.05. The summed E-state index contributed by atoms with van der Waals surface area (Å²) in [7, 11) is 1.24. The average molecular weight is 751 g/mol. The molecule has 0 saturated heterocycles. The van der Waals surface area contributed by atoms with Gasteiger partial charge in [0.05, 0.1) is 23.8 Å². The van der Waals surface area contributed by atoms with Gasteiger partial charge in [-0.2, -0.15) is 13.2 Å². The van der Waals surface area contributed by atoms with Gasteiger partial charge in [-0.05, 0) is 143 Å². The molecule has 0 radical (unpaired) electrons. The van der Waals surface area contributed by atoms with Crippen LogP contribution in [0.3, 0.4) is 0 Å². The molecule has 4 rings (SSSR count). The third kappa shape index (κ3) is 7.22. The van der Waals surface area contributed by atoms with Crippen molar-refractivity contribution in [3.05, 3.63) is 107 Å². The van der Waals surface area contributed by atoms with Crippen LogP contribution >= 0.6 is 0 Å². The van der Waals surface area contributed by atoms with Gasteiger partial charge >= 0.3 is 24.1 Å². The molecule has 0 fully saturated rings. The molecule has 0 heterocycles. The molecule has 0 aliphatic heterocycles. The second-order valence-electron chi connectivity index (χ2n) is 13.4. The van der Waals surface area contributed by atoms with Crippen molar-refractivity contribution >= 4 is 23.7 Å². The number of esters is 2. The van der Waals surface area contributed by atoms with Crippen molar-refractivity contribution in [1.29, 1.82) is 0 Å². The summed E-state index contributed by atoms with van der Waals surface area (Å²) in [5.41, 5.74) is 0.192. The Hall–Kier alpha value is -5.85. The van der Waals surface area contributed by atoms with E-state index in [4.69, 9.17) is 14.2 Å². The number of aryl methyl sites for hydroxylation is 2. The Labute approximate surface area is 310 Å². The number of carbonyl (C=O) groups is 4. The Balaban J connectivity index is 1.75. The number of hydrogen-bond acceptors (Lipinski definition) is 9. The number of benzene rings is 4. The van der Waals surface area contributed by atoms with Crippen LogP contribution in [0.15, 0.2) is 18.2 Å². The van der Waals surface area contributed by atoms with E-state index in [1.54, 1.807) is 41.5 Å². The minimum atomic E-state index is -5.20. The van der Waals surface area contributed by atoms with Crippen LogP contribution in [0.25, 0.3) is 0 Å². The number of halogens is 3. The minimum Gasteiger partial charge on any atom is -0.508 e. The normalized spacial score (nSPS) is 11.4. The summed E-state index contributed by atoms with van der Waals surface area (Å²) in [6.45, 7) is 15.3. The molecule has 0 aliphatic rings. The highest BCUT2D eigenvalue weighted by Crippen LogP contribution is 2.45. The van der Waals surface area contributed by atoms with Crippen LogP contribution in [0.1, 0.15) is 108 Å². The first-order valence-electron chi connectivity index (χ1n) is 16.7. The van der Waals surface area contributed by atoms with Crippen molar-refractivity contribution < 1.29 is 61.9 Å². The smallest absolute Gasteiger partial charge is 0.420 e. The molecule has 0 unspecified atom stereocenters. The molecule has 0 aromatic heterocycles. The maximum atomic E-state index is 14.7. The second-order valence-corrected chi connectivity index (χ2v) is 13.4. The number of rotatable bonds is 9. The summed E-state index contributed by atoms with van der Waals surface area (Å²) < 4.78 is 60.6. The molecule has 4 aromatic carbocycles. The maximum absolute atomic E-state index is 14.7. The molecule has 0 spiro atoms. The zero-order valence-corrected chi connectivity index (χ0v) is 31.8. The lowest BCUT2D eigenvalue weighted by Crippen LogP contribution is -2.21. The van der Waals surface area contributed by atoms with Crippen molar-refractivity contribution in [2.75, 3.05) is 7.11 Å². The highest BCUT2D eigenvalue weighted by atomic mass is 19.4. The van der Waals surface area contributed by atoms with E-state index >= 15 is 0 Å². The van der Waals surface area contributed by atoms with E-state index in [-0.39, 0.29) is 61.9 Å². The SMILES string of the molecule is COc1cc(O)cc(C)c1C(=O)Cc1c(C)c(C)c(C(=O)Oc2cc(C)c(C(=O)Oc3c(C)c(C)c(C(=O)O)c(C)c3C)c(C)c2C)c(O)c1C(F)(F)F. The number of hydrogen-bond donors (Lipinski definition) is 3. The summed E-state index contributed by atoms with van der Waals surface area (Å²) in [4.78, 5) is 52.6. The van der Waals surface area contributed by atoms with Gasteiger partial charge in [0.25, 0.3) is 0 Å². The summed E-state index contributed by atoms with van der Waals surface area (Å²) in [6, 6.07) is 3.78. The molecule has 13 heteroatoms. The Morgan fingerprint density at radius 1 is 0.611 bits per heavy atom. The van der Waals surface area contributed by atoms with Gasteiger partial charge in [0, 0.05) is 12.5 Å². The Bertz CT molecular complexity index is 2250. The first-order chi connectivity index (χ1) is 25.0. The molecule has 0 atom stereocenters. The lowest BCUT2D eigenvalue weighted by Gasteiger charge is -2.23. The van der Waals surface area contributed by atoms with E-state index in [1.165, 1.54) is 46.9 Å². The fraction of sp³-hybridized carbons (Fsp3) is 0.317. The predicted octanol–water partition coefficient (Wildman–Crippen LogP) is 8.77. The van der Waals surface area contributed by atoms with Gasteiger partial charge in [-0.15, -0.1) is 0 Å². The molecule has 286 valence electrons. The van der Waals surface area contributed by atoms with Crippen molar-refractivity contribution in [3.8, 4) is 28.7 Å². The number of alkyl halides is 3. The molecule has 54 heavy (non-hydrogen) atoms. The number of phenols is 2. The fourth-order valence-corrected chi connectivity index (χ4v) is 6.84. The van der Waals surface area contributed by atoms with Gasteiger partial charge < -0.3 is 29.5 Å². The zero-order valence-electron chi connectivity index (χ0n) is 31.8. The van der Waals surface area contributed by atoms with Crippen LogP contribution < -0.4 is 14.2 Å². The van der Waals surface area contributed by atoms with Gasteiger partial charge in [-0.25, -0.2) is 14.4 Å². The topological polar surface area (TPSA) is 157 Å². The summed E-state index contributed by atoms with van der Waals surface area (Å²) >= 11 is 0. The quantitative estimate of drug-likeness (QED) is 0.0859. The Morgan fingerprint density at radius 2 is 1.11 bits per heavy atom. The molecule has 10 nitrogen and oxygen atoms in total. The first-order valence-corrected chi connectivity index (χ1v) is 16.7. The third-order valence-electron chi connectivity index (χ3n) is 10.2. The van der Waals surface area contributed by atoms with Crippen molar-refractivity contribution in [1.82, 2.24) is 0 Å². The van der Waals surface area contributed by atoms with Crippen molar-refractivity contribution in [3.63, 3.8) is 0 Å². The van der Waals surface area contributed by atoms with Gasteiger partial charge in [0.2, 0.25) is 0 Å². The third-order valence-corrected chi connectivity index (χ3v) is 10.2. The number of aromatic carboxylic acids is 1. The molecule has 0 bridgehead atoms. The van der Waals surface area contributed by atoms with E-state index in [0.29, 0.717) is 33.4 Å². The van der Waals surface area contributed by atoms with Crippen LogP contribution in [-0.2, 0) is 12.6 Å². The van der Waals surface area contributed by atoms with Crippen LogP contribution in [0.5, 0.6) is 28.7 Å². The standard InChI is InChI=1S/C41H41F3O10/c1-16-12-26(45)14-30(52-11)32(16)28(46)15-27-18(3)20(5)34(36(47)35(27)41(42,43)44)40(51)53-29-13-17(2)31(21(6)19(29)4)39(50)54-37-24(9)22(7)33(38(48)49)23(8)25(37)10/h12-14,45,47H,15H2,1-11H3,(H,48,49). The number of carboxylic acid groups (broad SMARTS) is 1. The molecule has 0 saturated carbocycles. The molecule has 3 N–H and O–H groups in total.